The molecule has 1 heterocycles. The number of pyridine rings is 1. The van der Waals surface area contributed by atoms with Gasteiger partial charge in [0, 0.05) is 11.6 Å². The average molecular weight is 232 g/mol. The average Bonchev–Trinajstić information content (AvgIpc) is 2.40. The Hall–Kier alpha value is -1.65. The van der Waals surface area contributed by atoms with Gasteiger partial charge in [-0.1, -0.05) is 6.07 Å². The minimum Gasteiger partial charge on any atom is -0.491 e. The van der Waals surface area contributed by atoms with Crippen LogP contribution in [0.1, 0.15) is 0 Å². The number of aromatic nitrogens is 1. The first kappa shape index (κ1) is 11.8. The summed E-state index contributed by atoms with van der Waals surface area (Å²) in [6.45, 7) is 0.487. The lowest BCUT2D eigenvalue weighted by Gasteiger charge is -2.15. The SMILES string of the molecule is CNC(CO)COc1cccc2ncccc12. The van der Waals surface area contributed by atoms with Gasteiger partial charge in [0.2, 0.25) is 0 Å². The van der Waals surface area contributed by atoms with E-state index in [0.29, 0.717) is 6.61 Å². The molecule has 2 N–H and O–H groups in total. The number of aliphatic hydroxyl groups is 1. The molecule has 1 atom stereocenters. The third kappa shape index (κ3) is 2.72. The van der Waals surface area contributed by atoms with Crippen LogP contribution < -0.4 is 10.1 Å². The highest BCUT2D eigenvalue weighted by molar-refractivity contribution is 5.84. The van der Waals surface area contributed by atoms with Gasteiger partial charge in [-0.25, -0.2) is 0 Å². The van der Waals surface area contributed by atoms with Gasteiger partial charge < -0.3 is 15.2 Å². The van der Waals surface area contributed by atoms with E-state index in [4.69, 9.17) is 9.84 Å². The monoisotopic (exact) mass is 232 g/mol. The summed E-state index contributed by atoms with van der Waals surface area (Å²) < 4.78 is 5.70. The van der Waals surface area contributed by atoms with Crippen molar-refractivity contribution in [1.29, 1.82) is 0 Å². The number of rotatable bonds is 5. The van der Waals surface area contributed by atoms with Crippen LogP contribution in [0.5, 0.6) is 5.75 Å². The first-order chi connectivity index (χ1) is 8.35. The summed E-state index contributed by atoms with van der Waals surface area (Å²) in [4.78, 5) is 4.26. The quantitative estimate of drug-likeness (QED) is 0.813. The number of aliphatic hydroxyl groups excluding tert-OH is 1. The Labute approximate surface area is 100 Å². The zero-order chi connectivity index (χ0) is 12.1. The fraction of sp³-hybridized carbons (Fsp3) is 0.308. The van der Waals surface area contributed by atoms with Gasteiger partial charge in [-0.3, -0.25) is 4.98 Å². The lowest BCUT2D eigenvalue weighted by molar-refractivity contribution is 0.190. The van der Waals surface area contributed by atoms with Crippen molar-refractivity contribution in [2.45, 2.75) is 6.04 Å². The van der Waals surface area contributed by atoms with Crippen LogP contribution in [0.15, 0.2) is 36.5 Å². The predicted molar refractivity (Wildman–Crippen MR) is 67.2 cm³/mol. The van der Waals surface area contributed by atoms with Crippen molar-refractivity contribution in [2.24, 2.45) is 0 Å². The van der Waals surface area contributed by atoms with E-state index in [9.17, 15) is 0 Å². The normalized spacial score (nSPS) is 12.6. The van der Waals surface area contributed by atoms with Crippen LogP contribution in [-0.2, 0) is 0 Å². The molecule has 0 saturated carbocycles. The molecule has 0 spiro atoms. The van der Waals surface area contributed by atoms with Crippen LogP contribution >= 0.6 is 0 Å². The molecule has 1 aromatic carbocycles. The first-order valence-electron chi connectivity index (χ1n) is 5.60. The molecule has 0 aliphatic carbocycles. The molecule has 2 aromatic rings. The van der Waals surface area contributed by atoms with Crippen LogP contribution in [0.3, 0.4) is 0 Å². The Morgan fingerprint density at radius 3 is 3.00 bits per heavy atom. The second kappa shape index (κ2) is 5.61. The smallest absolute Gasteiger partial charge is 0.128 e. The molecule has 2 rings (SSSR count). The number of ether oxygens (including phenoxy) is 1. The number of nitrogens with zero attached hydrogens (tertiary/aromatic N) is 1. The van der Waals surface area contributed by atoms with E-state index in [0.717, 1.165) is 16.7 Å². The van der Waals surface area contributed by atoms with E-state index >= 15 is 0 Å². The van der Waals surface area contributed by atoms with Gasteiger partial charge in [0.1, 0.15) is 12.4 Å². The van der Waals surface area contributed by atoms with E-state index in [1.54, 1.807) is 13.2 Å². The van der Waals surface area contributed by atoms with E-state index < -0.39 is 0 Å². The Kier molecular flexibility index (Phi) is 3.90. The fourth-order valence-corrected chi connectivity index (χ4v) is 1.62. The Morgan fingerprint density at radius 2 is 2.24 bits per heavy atom. The Morgan fingerprint density at radius 1 is 1.35 bits per heavy atom. The van der Waals surface area contributed by atoms with Gasteiger partial charge in [0.15, 0.2) is 0 Å². The number of likely N-dealkylation sites (N-methyl/N-ethyl adjacent to an activating group) is 1. The lowest BCUT2D eigenvalue weighted by atomic mass is 10.2. The number of benzene rings is 1. The minimum absolute atomic E-state index is 0.0538. The van der Waals surface area contributed by atoms with Crippen molar-refractivity contribution < 1.29 is 9.84 Å². The van der Waals surface area contributed by atoms with Gasteiger partial charge in [-0.15, -0.1) is 0 Å². The third-order valence-corrected chi connectivity index (χ3v) is 2.67. The highest BCUT2D eigenvalue weighted by Crippen LogP contribution is 2.23. The summed E-state index contributed by atoms with van der Waals surface area (Å²) in [5.74, 6) is 0.796. The van der Waals surface area contributed by atoms with Crippen molar-refractivity contribution >= 4 is 10.9 Å². The summed E-state index contributed by atoms with van der Waals surface area (Å²) in [7, 11) is 1.80. The number of nitrogens with one attached hydrogen (secondary N) is 1. The number of hydrogen-bond acceptors (Lipinski definition) is 4. The molecule has 0 saturated heterocycles. The first-order valence-corrected chi connectivity index (χ1v) is 5.60. The summed E-state index contributed by atoms with van der Waals surface area (Å²) >= 11 is 0. The van der Waals surface area contributed by atoms with E-state index in [2.05, 4.69) is 10.3 Å². The third-order valence-electron chi connectivity index (χ3n) is 2.67. The molecule has 0 aliphatic rings. The van der Waals surface area contributed by atoms with E-state index in [-0.39, 0.29) is 12.6 Å². The number of hydrogen-bond donors (Lipinski definition) is 2. The molecule has 4 heteroatoms. The van der Waals surface area contributed by atoms with Crippen LogP contribution in [0.2, 0.25) is 0 Å². The molecule has 0 bridgehead atoms. The lowest BCUT2D eigenvalue weighted by Crippen LogP contribution is -2.34. The van der Waals surface area contributed by atoms with Gasteiger partial charge in [-0.05, 0) is 31.3 Å². The van der Waals surface area contributed by atoms with Crippen LogP contribution in [0.4, 0.5) is 0 Å². The largest absolute Gasteiger partial charge is 0.491 e. The molecule has 1 unspecified atom stereocenters. The summed E-state index contributed by atoms with van der Waals surface area (Å²) in [6.07, 6.45) is 1.76. The summed E-state index contributed by atoms with van der Waals surface area (Å²) in [5.41, 5.74) is 0.912. The Balaban J connectivity index is 2.18. The van der Waals surface area contributed by atoms with Crippen LogP contribution in [0, 0.1) is 0 Å². The van der Waals surface area contributed by atoms with E-state index in [1.807, 2.05) is 30.3 Å². The van der Waals surface area contributed by atoms with E-state index in [1.165, 1.54) is 0 Å². The van der Waals surface area contributed by atoms with Crippen molar-refractivity contribution in [2.75, 3.05) is 20.3 Å². The Bertz CT molecular complexity index is 478. The molecule has 0 amide bonds. The molecule has 0 aliphatic heterocycles. The molecular formula is C13H16N2O2. The molecular weight excluding hydrogens is 216 g/mol. The molecule has 1 aromatic heterocycles. The van der Waals surface area contributed by atoms with Gasteiger partial charge >= 0.3 is 0 Å². The van der Waals surface area contributed by atoms with Gasteiger partial charge in [0.05, 0.1) is 18.2 Å². The zero-order valence-electron chi connectivity index (χ0n) is 9.76. The minimum atomic E-state index is -0.0538. The topological polar surface area (TPSA) is 54.4 Å². The standard InChI is InChI=1S/C13H16N2O2/c1-14-10(8-16)9-17-13-6-2-5-12-11(13)4-3-7-15-12/h2-7,10,14,16H,8-9H2,1H3. The summed E-state index contributed by atoms with van der Waals surface area (Å²) in [5, 5.41) is 13.0. The van der Waals surface area contributed by atoms with Crippen LogP contribution in [0.25, 0.3) is 10.9 Å². The molecule has 17 heavy (non-hydrogen) atoms. The maximum absolute atomic E-state index is 9.06. The zero-order valence-corrected chi connectivity index (χ0v) is 9.76. The second-order valence-corrected chi connectivity index (χ2v) is 3.81. The predicted octanol–water partition coefficient (Wildman–Crippen LogP) is 1.19. The highest BCUT2D eigenvalue weighted by Gasteiger charge is 2.07. The molecule has 0 radical (unpaired) electrons. The van der Waals surface area contributed by atoms with Crippen molar-refractivity contribution in [3.63, 3.8) is 0 Å². The van der Waals surface area contributed by atoms with Crippen molar-refractivity contribution in [1.82, 2.24) is 10.3 Å². The van der Waals surface area contributed by atoms with Crippen LogP contribution in [-0.4, -0.2) is 36.4 Å². The van der Waals surface area contributed by atoms with Gasteiger partial charge in [-0.2, -0.15) is 0 Å². The molecule has 0 fully saturated rings. The second-order valence-electron chi connectivity index (χ2n) is 3.81. The van der Waals surface area contributed by atoms with Crippen molar-refractivity contribution in [3.05, 3.63) is 36.5 Å². The highest BCUT2D eigenvalue weighted by atomic mass is 16.5. The van der Waals surface area contributed by atoms with Crippen molar-refractivity contribution in [3.8, 4) is 5.75 Å². The molecule has 90 valence electrons. The van der Waals surface area contributed by atoms with Gasteiger partial charge in [0.25, 0.3) is 0 Å². The fourth-order valence-electron chi connectivity index (χ4n) is 1.62. The maximum Gasteiger partial charge on any atom is 0.128 e. The number of fused-ring (bicyclic) bond motifs is 1. The summed E-state index contributed by atoms with van der Waals surface area (Å²) in [6, 6.07) is 9.58. The maximum atomic E-state index is 9.06. The molecule has 4 nitrogen and oxygen atoms in total.